The fraction of sp³-hybridized carbons (Fsp3) is 0.550. The minimum atomic E-state index is -0.538. The summed E-state index contributed by atoms with van der Waals surface area (Å²) in [6.45, 7) is 8.19. The lowest BCUT2D eigenvalue weighted by atomic mass is 9.94. The number of carbonyl (C=O) groups excluding carboxylic acids is 1. The molecule has 136 valence electrons. The maximum atomic E-state index is 13.7. The van der Waals surface area contributed by atoms with Gasteiger partial charge in [-0.25, -0.2) is 4.39 Å². The van der Waals surface area contributed by atoms with Crippen LogP contribution in [0, 0.1) is 18.2 Å². The number of carbonyl (C=O) groups is 1. The van der Waals surface area contributed by atoms with Gasteiger partial charge in [0.05, 0.1) is 6.54 Å². The monoisotopic (exact) mass is 345 g/mol. The Labute approximate surface area is 150 Å². The molecule has 0 aromatic heterocycles. The molecule has 0 radical (unpaired) electrons. The number of hydrogen-bond donors (Lipinski definition) is 1. The van der Waals surface area contributed by atoms with Gasteiger partial charge in [0.15, 0.2) is 0 Å². The molecule has 1 amide bonds. The Hall–Kier alpha value is -1.90. The number of rotatable bonds is 7. The van der Waals surface area contributed by atoms with Gasteiger partial charge in [-0.05, 0) is 18.9 Å². The number of benzene rings is 1. The SMILES string of the molecule is C#CC(CC)(CC)NC(=O)CN1CCN(Cc2ccccc2F)CC1. The van der Waals surface area contributed by atoms with Crippen LogP contribution in [0.25, 0.3) is 0 Å². The Balaban J connectivity index is 1.79. The van der Waals surface area contributed by atoms with Gasteiger partial charge in [-0.15, -0.1) is 6.42 Å². The highest BCUT2D eigenvalue weighted by atomic mass is 19.1. The van der Waals surface area contributed by atoms with Crippen LogP contribution in [0.5, 0.6) is 0 Å². The summed E-state index contributed by atoms with van der Waals surface area (Å²) >= 11 is 0. The van der Waals surface area contributed by atoms with Crippen LogP contribution >= 0.6 is 0 Å². The number of nitrogens with one attached hydrogen (secondary N) is 1. The largest absolute Gasteiger partial charge is 0.339 e. The van der Waals surface area contributed by atoms with Crippen LogP contribution in [0.2, 0.25) is 0 Å². The first kappa shape index (κ1) is 19.4. The molecule has 4 nitrogen and oxygen atoms in total. The molecule has 0 atom stereocenters. The summed E-state index contributed by atoms with van der Waals surface area (Å²) in [6, 6.07) is 6.88. The van der Waals surface area contributed by atoms with E-state index in [1.165, 1.54) is 6.07 Å². The van der Waals surface area contributed by atoms with Crippen molar-refractivity contribution >= 4 is 5.91 Å². The summed E-state index contributed by atoms with van der Waals surface area (Å²) in [4.78, 5) is 16.7. The van der Waals surface area contributed by atoms with Crippen LogP contribution in [0.4, 0.5) is 4.39 Å². The van der Waals surface area contributed by atoms with Gasteiger partial charge in [-0.2, -0.15) is 0 Å². The molecule has 0 spiro atoms. The van der Waals surface area contributed by atoms with E-state index in [2.05, 4.69) is 21.0 Å². The summed E-state index contributed by atoms with van der Waals surface area (Å²) in [5.41, 5.74) is 0.183. The van der Waals surface area contributed by atoms with Crippen molar-refractivity contribution < 1.29 is 9.18 Å². The molecule has 1 fully saturated rings. The Morgan fingerprint density at radius 3 is 2.36 bits per heavy atom. The average Bonchev–Trinajstić information content (AvgIpc) is 2.63. The highest BCUT2D eigenvalue weighted by molar-refractivity contribution is 5.79. The first-order valence-corrected chi connectivity index (χ1v) is 8.98. The van der Waals surface area contributed by atoms with Gasteiger partial charge in [-0.1, -0.05) is 38.0 Å². The molecule has 25 heavy (non-hydrogen) atoms. The van der Waals surface area contributed by atoms with E-state index >= 15 is 0 Å². The van der Waals surface area contributed by atoms with Gasteiger partial charge in [0, 0.05) is 38.3 Å². The molecule has 1 saturated heterocycles. The standard InChI is InChI=1S/C20H28FN3O/c1-4-20(5-2,6-3)22-19(25)16-24-13-11-23(12-14-24)15-17-9-7-8-10-18(17)21/h1,7-10H,5-6,11-16H2,2-3H3,(H,22,25). The fourth-order valence-electron chi connectivity index (χ4n) is 3.15. The maximum Gasteiger partial charge on any atom is 0.235 e. The van der Waals surface area contributed by atoms with Gasteiger partial charge in [0.1, 0.15) is 11.4 Å². The summed E-state index contributed by atoms with van der Waals surface area (Å²) in [6.07, 6.45) is 7.05. The minimum absolute atomic E-state index is 0.0239. The zero-order valence-corrected chi connectivity index (χ0v) is 15.2. The molecule has 1 aliphatic rings. The molecule has 0 unspecified atom stereocenters. The van der Waals surface area contributed by atoms with Crippen molar-refractivity contribution in [2.24, 2.45) is 0 Å². The molecule has 1 heterocycles. The second-order valence-electron chi connectivity index (χ2n) is 6.63. The van der Waals surface area contributed by atoms with E-state index in [0.29, 0.717) is 13.1 Å². The average molecular weight is 345 g/mol. The highest BCUT2D eigenvalue weighted by Gasteiger charge is 2.27. The van der Waals surface area contributed by atoms with Crippen LogP contribution in [-0.2, 0) is 11.3 Å². The smallest absolute Gasteiger partial charge is 0.235 e. The van der Waals surface area contributed by atoms with E-state index in [1.54, 1.807) is 6.07 Å². The van der Waals surface area contributed by atoms with Crippen LogP contribution < -0.4 is 5.32 Å². The molecule has 0 saturated carbocycles. The van der Waals surface area contributed by atoms with Crippen molar-refractivity contribution in [3.05, 3.63) is 35.6 Å². The fourth-order valence-corrected chi connectivity index (χ4v) is 3.15. The highest BCUT2D eigenvalue weighted by Crippen LogP contribution is 2.14. The molecule has 0 bridgehead atoms. The van der Waals surface area contributed by atoms with Crippen molar-refractivity contribution in [1.29, 1.82) is 0 Å². The van der Waals surface area contributed by atoms with Crippen molar-refractivity contribution in [2.75, 3.05) is 32.7 Å². The minimum Gasteiger partial charge on any atom is -0.339 e. The zero-order chi connectivity index (χ0) is 18.3. The van der Waals surface area contributed by atoms with Crippen LogP contribution in [-0.4, -0.2) is 54.0 Å². The van der Waals surface area contributed by atoms with E-state index in [-0.39, 0.29) is 11.7 Å². The molecule has 1 aromatic rings. The van der Waals surface area contributed by atoms with Crippen molar-refractivity contribution in [3.63, 3.8) is 0 Å². The third-order valence-electron chi connectivity index (χ3n) is 5.05. The summed E-state index contributed by atoms with van der Waals surface area (Å²) in [7, 11) is 0. The van der Waals surface area contributed by atoms with Crippen LogP contribution in [0.15, 0.2) is 24.3 Å². The molecular weight excluding hydrogens is 317 g/mol. The predicted octanol–water partition coefficient (Wildman–Crippen LogP) is 2.25. The van der Waals surface area contributed by atoms with Crippen molar-refractivity contribution in [2.45, 2.75) is 38.8 Å². The lowest BCUT2D eigenvalue weighted by Gasteiger charge is -2.35. The molecular formula is C20H28FN3O. The van der Waals surface area contributed by atoms with Gasteiger partial charge < -0.3 is 5.32 Å². The normalized spacial score (nSPS) is 16.4. The lowest BCUT2D eigenvalue weighted by molar-refractivity contribution is -0.124. The molecule has 1 aliphatic heterocycles. The number of hydrogen-bond acceptors (Lipinski definition) is 3. The second kappa shape index (κ2) is 8.98. The molecule has 5 heteroatoms. The molecule has 1 N–H and O–H groups in total. The summed E-state index contributed by atoms with van der Waals surface area (Å²) < 4.78 is 13.7. The van der Waals surface area contributed by atoms with Gasteiger partial charge >= 0.3 is 0 Å². The first-order chi connectivity index (χ1) is 12.0. The second-order valence-corrected chi connectivity index (χ2v) is 6.63. The van der Waals surface area contributed by atoms with E-state index in [1.807, 2.05) is 26.0 Å². The van der Waals surface area contributed by atoms with E-state index < -0.39 is 5.54 Å². The number of halogens is 1. The Bertz CT molecular complexity index is 614. The number of piperazine rings is 1. The number of amides is 1. The van der Waals surface area contributed by atoms with E-state index in [4.69, 9.17) is 6.42 Å². The predicted molar refractivity (Wildman–Crippen MR) is 98.4 cm³/mol. The number of nitrogens with zero attached hydrogens (tertiary/aromatic N) is 2. The van der Waals surface area contributed by atoms with Crippen LogP contribution in [0.1, 0.15) is 32.3 Å². The van der Waals surface area contributed by atoms with Gasteiger partial charge in [-0.3, -0.25) is 14.6 Å². The summed E-state index contributed by atoms with van der Waals surface area (Å²) in [5.74, 6) is 2.55. The third kappa shape index (κ3) is 5.29. The quantitative estimate of drug-likeness (QED) is 0.770. The molecule has 1 aromatic carbocycles. The van der Waals surface area contributed by atoms with E-state index in [9.17, 15) is 9.18 Å². The molecule has 2 rings (SSSR count). The van der Waals surface area contributed by atoms with Crippen molar-refractivity contribution in [1.82, 2.24) is 15.1 Å². The Morgan fingerprint density at radius 2 is 1.80 bits per heavy atom. The van der Waals surface area contributed by atoms with Crippen molar-refractivity contribution in [3.8, 4) is 12.3 Å². The Morgan fingerprint density at radius 1 is 1.20 bits per heavy atom. The first-order valence-electron chi connectivity index (χ1n) is 8.98. The van der Waals surface area contributed by atoms with E-state index in [0.717, 1.165) is 44.6 Å². The Kier molecular flexibility index (Phi) is 6.98. The van der Waals surface area contributed by atoms with Gasteiger partial charge in [0.25, 0.3) is 0 Å². The lowest BCUT2D eigenvalue weighted by Crippen LogP contribution is -2.53. The zero-order valence-electron chi connectivity index (χ0n) is 15.2. The summed E-state index contributed by atoms with van der Waals surface area (Å²) in [5, 5.41) is 3.01. The van der Waals surface area contributed by atoms with Gasteiger partial charge in [0.2, 0.25) is 5.91 Å². The topological polar surface area (TPSA) is 35.6 Å². The maximum absolute atomic E-state index is 13.7. The third-order valence-corrected chi connectivity index (χ3v) is 5.05. The number of terminal acetylenes is 1. The van der Waals surface area contributed by atoms with Crippen LogP contribution in [0.3, 0.4) is 0 Å². The molecule has 0 aliphatic carbocycles.